The van der Waals surface area contributed by atoms with Gasteiger partial charge in [-0.15, -0.1) is 0 Å². The molecule has 7 heteroatoms. The monoisotopic (exact) mass is 255 g/mol. The Kier molecular flexibility index (Phi) is 2.52. The van der Waals surface area contributed by atoms with Crippen LogP contribution in [-0.4, -0.2) is 29.5 Å². The van der Waals surface area contributed by atoms with Crippen molar-refractivity contribution in [2.45, 2.75) is 13.8 Å². The quantitative estimate of drug-likeness (QED) is 0.739. The molecule has 0 aliphatic heterocycles. The van der Waals surface area contributed by atoms with Gasteiger partial charge in [0.05, 0.1) is 5.69 Å². The molecule has 0 aliphatic rings. The topological polar surface area (TPSA) is 87.4 Å². The summed E-state index contributed by atoms with van der Waals surface area (Å²) < 4.78 is 3.38. The smallest absolute Gasteiger partial charge is 0.184 e. The fourth-order valence-electron chi connectivity index (χ4n) is 2.00. The number of aryl methyl sites for hydroxylation is 2. The third kappa shape index (κ3) is 1.85. The lowest BCUT2D eigenvalue weighted by Gasteiger charge is -2.11. The molecule has 2 N–H and O–H groups in total. The van der Waals surface area contributed by atoms with Crippen LogP contribution in [0.4, 0.5) is 5.82 Å². The van der Waals surface area contributed by atoms with Gasteiger partial charge in [-0.25, -0.2) is 19.3 Å². The van der Waals surface area contributed by atoms with Gasteiger partial charge in [-0.2, -0.15) is 10.2 Å². The van der Waals surface area contributed by atoms with E-state index in [-0.39, 0.29) is 0 Å². The number of anilines is 1. The molecule has 0 radical (unpaired) electrons. The zero-order chi connectivity index (χ0) is 13.4. The van der Waals surface area contributed by atoms with Crippen molar-refractivity contribution in [3.05, 3.63) is 42.2 Å². The van der Waals surface area contributed by atoms with E-state index in [2.05, 4.69) is 20.2 Å². The highest BCUT2D eigenvalue weighted by Gasteiger charge is 2.16. The summed E-state index contributed by atoms with van der Waals surface area (Å²) in [6.45, 7) is 3.89. The summed E-state index contributed by atoms with van der Waals surface area (Å²) in [5.74, 6) is 0.968. The lowest BCUT2D eigenvalue weighted by atomic mass is 10.3. The summed E-state index contributed by atoms with van der Waals surface area (Å²) in [7, 11) is 0. The second-order valence-corrected chi connectivity index (χ2v) is 4.22. The minimum atomic E-state index is 0.367. The largest absolute Gasteiger partial charge is 0.382 e. The molecule has 0 aromatic carbocycles. The van der Waals surface area contributed by atoms with Crippen LogP contribution in [0.15, 0.2) is 30.9 Å². The third-order valence-corrected chi connectivity index (χ3v) is 2.77. The van der Waals surface area contributed by atoms with Crippen molar-refractivity contribution in [2.75, 3.05) is 5.73 Å². The molecule has 0 unspecified atom stereocenters. The second kappa shape index (κ2) is 4.20. The standard InChI is InChI=1S/C12H13N7/c1-8-6-9(2)19(17-8)10-11(13)14-7-15-12(10)18-5-3-4-16-18/h3-7H,1-2H3,(H2,13,14,15). The molecular formula is C12H13N7. The predicted octanol–water partition coefficient (Wildman–Crippen LogP) is 1.05. The Morgan fingerprint density at radius 1 is 1.21 bits per heavy atom. The molecule has 3 heterocycles. The molecule has 3 rings (SSSR count). The number of hydrogen-bond donors (Lipinski definition) is 1. The average Bonchev–Trinajstić information content (AvgIpc) is 2.99. The van der Waals surface area contributed by atoms with Gasteiger partial charge >= 0.3 is 0 Å². The highest BCUT2D eigenvalue weighted by Crippen LogP contribution is 2.22. The van der Waals surface area contributed by atoms with Crippen LogP contribution in [0.2, 0.25) is 0 Å². The molecule has 19 heavy (non-hydrogen) atoms. The lowest BCUT2D eigenvalue weighted by molar-refractivity contribution is 0.775. The number of nitrogen functional groups attached to an aromatic ring is 1. The Morgan fingerprint density at radius 3 is 2.68 bits per heavy atom. The Labute approximate surface area is 109 Å². The Balaban J connectivity index is 2.29. The van der Waals surface area contributed by atoms with Crippen LogP contribution in [0.5, 0.6) is 0 Å². The summed E-state index contributed by atoms with van der Waals surface area (Å²) in [6.07, 6.45) is 4.90. The molecule has 0 spiro atoms. The first-order valence-corrected chi connectivity index (χ1v) is 5.81. The maximum absolute atomic E-state index is 5.98. The highest BCUT2D eigenvalue weighted by atomic mass is 15.4. The van der Waals surface area contributed by atoms with Crippen molar-refractivity contribution in [2.24, 2.45) is 0 Å². The number of rotatable bonds is 2. The number of hydrogen-bond acceptors (Lipinski definition) is 5. The van der Waals surface area contributed by atoms with Crippen molar-refractivity contribution in [3.8, 4) is 11.5 Å². The van der Waals surface area contributed by atoms with Gasteiger partial charge in [-0.1, -0.05) is 0 Å². The van der Waals surface area contributed by atoms with Crippen LogP contribution in [0, 0.1) is 13.8 Å². The highest BCUT2D eigenvalue weighted by molar-refractivity contribution is 5.61. The minimum absolute atomic E-state index is 0.367. The molecule has 0 saturated heterocycles. The third-order valence-electron chi connectivity index (χ3n) is 2.77. The lowest BCUT2D eigenvalue weighted by Crippen LogP contribution is -2.12. The fraction of sp³-hybridized carbons (Fsp3) is 0.167. The second-order valence-electron chi connectivity index (χ2n) is 4.22. The summed E-state index contributed by atoms with van der Waals surface area (Å²) in [4.78, 5) is 8.30. The van der Waals surface area contributed by atoms with E-state index in [4.69, 9.17) is 5.73 Å². The average molecular weight is 255 g/mol. The molecule has 0 fully saturated rings. The Hall–Kier alpha value is -2.70. The van der Waals surface area contributed by atoms with Crippen molar-refractivity contribution < 1.29 is 0 Å². The number of aromatic nitrogens is 6. The van der Waals surface area contributed by atoms with E-state index in [0.29, 0.717) is 17.3 Å². The Bertz CT molecular complexity index is 712. The van der Waals surface area contributed by atoms with Crippen LogP contribution < -0.4 is 5.73 Å². The molecule has 7 nitrogen and oxygen atoms in total. The minimum Gasteiger partial charge on any atom is -0.382 e. The van der Waals surface area contributed by atoms with Gasteiger partial charge in [-0.3, -0.25) is 0 Å². The SMILES string of the molecule is Cc1cc(C)n(-c2c(N)ncnc2-n2cccn2)n1. The molecule has 0 saturated carbocycles. The van der Waals surface area contributed by atoms with Crippen LogP contribution in [0.3, 0.4) is 0 Å². The van der Waals surface area contributed by atoms with Crippen molar-refractivity contribution >= 4 is 5.82 Å². The van der Waals surface area contributed by atoms with Crippen LogP contribution in [0.25, 0.3) is 11.5 Å². The molecule has 3 aromatic rings. The summed E-state index contributed by atoms with van der Waals surface area (Å²) in [5, 5.41) is 8.61. The van der Waals surface area contributed by atoms with Crippen molar-refractivity contribution in [3.63, 3.8) is 0 Å². The normalized spacial score (nSPS) is 10.8. The maximum Gasteiger partial charge on any atom is 0.184 e. The van der Waals surface area contributed by atoms with E-state index in [1.54, 1.807) is 21.8 Å². The molecule has 3 aromatic heterocycles. The van der Waals surface area contributed by atoms with Gasteiger partial charge < -0.3 is 5.73 Å². The zero-order valence-electron chi connectivity index (χ0n) is 10.6. The fourth-order valence-corrected chi connectivity index (χ4v) is 2.00. The Morgan fingerprint density at radius 2 is 2.05 bits per heavy atom. The molecule has 0 amide bonds. The summed E-state index contributed by atoms with van der Waals surface area (Å²) >= 11 is 0. The van der Waals surface area contributed by atoms with Crippen molar-refractivity contribution in [1.29, 1.82) is 0 Å². The molecule has 96 valence electrons. The van der Waals surface area contributed by atoms with E-state index in [1.807, 2.05) is 26.0 Å². The first-order chi connectivity index (χ1) is 9.16. The molecule has 0 atom stereocenters. The number of nitrogens with zero attached hydrogens (tertiary/aromatic N) is 6. The van der Waals surface area contributed by atoms with E-state index < -0.39 is 0 Å². The zero-order valence-corrected chi connectivity index (χ0v) is 10.6. The van der Waals surface area contributed by atoms with E-state index in [1.165, 1.54) is 6.33 Å². The van der Waals surface area contributed by atoms with Crippen LogP contribution >= 0.6 is 0 Å². The van der Waals surface area contributed by atoms with E-state index in [0.717, 1.165) is 11.4 Å². The van der Waals surface area contributed by atoms with Gasteiger partial charge in [0.25, 0.3) is 0 Å². The summed E-state index contributed by atoms with van der Waals surface area (Å²) in [5.41, 5.74) is 8.50. The van der Waals surface area contributed by atoms with Gasteiger partial charge in [0, 0.05) is 18.1 Å². The van der Waals surface area contributed by atoms with Gasteiger partial charge in [0.2, 0.25) is 0 Å². The maximum atomic E-state index is 5.98. The van der Waals surface area contributed by atoms with Gasteiger partial charge in [-0.05, 0) is 26.0 Å². The summed E-state index contributed by atoms with van der Waals surface area (Å²) in [6, 6.07) is 3.79. The predicted molar refractivity (Wildman–Crippen MR) is 70.2 cm³/mol. The molecular weight excluding hydrogens is 242 g/mol. The van der Waals surface area contributed by atoms with Gasteiger partial charge in [0.15, 0.2) is 17.3 Å². The first-order valence-electron chi connectivity index (χ1n) is 5.81. The molecule has 0 aliphatic carbocycles. The van der Waals surface area contributed by atoms with E-state index in [9.17, 15) is 0 Å². The number of nitrogens with two attached hydrogens (primary N) is 1. The first kappa shape index (κ1) is 11.4. The molecule has 0 bridgehead atoms. The van der Waals surface area contributed by atoms with E-state index >= 15 is 0 Å². The van der Waals surface area contributed by atoms with Gasteiger partial charge in [0.1, 0.15) is 6.33 Å². The van der Waals surface area contributed by atoms with Crippen molar-refractivity contribution in [1.82, 2.24) is 29.5 Å². The van der Waals surface area contributed by atoms with Crippen LogP contribution in [-0.2, 0) is 0 Å². The van der Waals surface area contributed by atoms with Crippen LogP contribution in [0.1, 0.15) is 11.4 Å².